The van der Waals surface area contributed by atoms with Crippen molar-refractivity contribution < 1.29 is 0 Å². The fourth-order valence-corrected chi connectivity index (χ4v) is 4.25. The second-order valence-electron chi connectivity index (χ2n) is 7.15. The van der Waals surface area contributed by atoms with Crippen LogP contribution in [0.2, 0.25) is 0 Å². The number of fused-ring (bicyclic) bond motifs is 1. The quantitative estimate of drug-likeness (QED) is 0.764. The van der Waals surface area contributed by atoms with Crippen molar-refractivity contribution in [3.05, 3.63) is 39.6 Å². The Labute approximate surface area is 167 Å². The zero-order valence-electron chi connectivity index (χ0n) is 14.9. The standard InChI is InChI=1S/C19H23BrClN5/c1-25-8-6-13(7-9-25)11-22-18-10-17(14-4-2-3-5-16(14)21)24-19-15(20)12-23-26(18)19/h3,5,10,12-13,22H,2,4,6-9,11H2,1H3. The fourth-order valence-electron chi connectivity index (χ4n) is 3.62. The molecule has 0 amide bonds. The Hall–Kier alpha value is -1.37. The second kappa shape index (κ2) is 7.71. The molecule has 0 radical (unpaired) electrons. The van der Waals surface area contributed by atoms with Crippen molar-refractivity contribution in [2.45, 2.75) is 25.7 Å². The molecular formula is C19H23BrClN5. The summed E-state index contributed by atoms with van der Waals surface area (Å²) in [6, 6.07) is 2.08. The van der Waals surface area contributed by atoms with Crippen molar-refractivity contribution in [3.63, 3.8) is 0 Å². The zero-order chi connectivity index (χ0) is 18.1. The Morgan fingerprint density at radius 1 is 1.35 bits per heavy atom. The summed E-state index contributed by atoms with van der Waals surface area (Å²) < 4.78 is 2.76. The number of aromatic nitrogens is 3. The topological polar surface area (TPSA) is 45.5 Å². The van der Waals surface area contributed by atoms with E-state index in [2.05, 4.69) is 50.4 Å². The van der Waals surface area contributed by atoms with Crippen molar-refractivity contribution in [1.29, 1.82) is 0 Å². The largest absolute Gasteiger partial charge is 0.370 e. The minimum atomic E-state index is 0.692. The Morgan fingerprint density at radius 2 is 2.15 bits per heavy atom. The molecule has 4 rings (SSSR count). The fraction of sp³-hybridized carbons (Fsp3) is 0.474. The number of halogens is 2. The lowest BCUT2D eigenvalue weighted by atomic mass is 9.97. The highest BCUT2D eigenvalue weighted by atomic mass is 79.9. The molecular weight excluding hydrogens is 414 g/mol. The summed E-state index contributed by atoms with van der Waals surface area (Å²) in [4.78, 5) is 7.20. The first-order valence-electron chi connectivity index (χ1n) is 9.14. The highest BCUT2D eigenvalue weighted by molar-refractivity contribution is 9.10. The maximum Gasteiger partial charge on any atom is 0.172 e. The van der Waals surface area contributed by atoms with Crippen LogP contribution in [0.15, 0.2) is 33.9 Å². The van der Waals surface area contributed by atoms with Gasteiger partial charge in [0.05, 0.1) is 16.4 Å². The summed E-state index contributed by atoms with van der Waals surface area (Å²) in [5.41, 5.74) is 2.85. The van der Waals surface area contributed by atoms with E-state index >= 15 is 0 Å². The molecule has 1 aliphatic carbocycles. The van der Waals surface area contributed by atoms with Gasteiger partial charge in [-0.2, -0.15) is 9.61 Å². The molecule has 2 aliphatic rings. The van der Waals surface area contributed by atoms with Gasteiger partial charge in [-0.25, -0.2) is 4.98 Å². The number of piperidine rings is 1. The van der Waals surface area contributed by atoms with Gasteiger partial charge in [-0.1, -0.05) is 17.7 Å². The van der Waals surface area contributed by atoms with Gasteiger partial charge < -0.3 is 10.2 Å². The van der Waals surface area contributed by atoms with E-state index in [9.17, 15) is 0 Å². The van der Waals surface area contributed by atoms with Gasteiger partial charge in [0.25, 0.3) is 0 Å². The average Bonchev–Trinajstić information content (AvgIpc) is 3.02. The first-order chi connectivity index (χ1) is 12.6. The summed E-state index contributed by atoms with van der Waals surface area (Å²) in [5, 5.41) is 8.87. The van der Waals surface area contributed by atoms with Crippen molar-refractivity contribution in [1.82, 2.24) is 19.5 Å². The van der Waals surface area contributed by atoms with Gasteiger partial charge in [-0.05, 0) is 79.3 Å². The number of hydrogen-bond acceptors (Lipinski definition) is 4. The van der Waals surface area contributed by atoms with Crippen LogP contribution in [0.25, 0.3) is 11.2 Å². The molecule has 1 saturated heterocycles. The molecule has 0 saturated carbocycles. The predicted octanol–water partition coefficient (Wildman–Crippen LogP) is 4.55. The highest BCUT2D eigenvalue weighted by Crippen LogP contribution is 2.32. The molecule has 0 aromatic carbocycles. The molecule has 0 atom stereocenters. The summed E-state index contributed by atoms with van der Waals surface area (Å²) in [5.74, 6) is 1.67. The molecule has 0 spiro atoms. The Kier molecular flexibility index (Phi) is 5.34. The van der Waals surface area contributed by atoms with Crippen LogP contribution in [0.1, 0.15) is 31.4 Å². The van der Waals surface area contributed by atoms with Crippen molar-refractivity contribution in [2.75, 3.05) is 32.0 Å². The van der Waals surface area contributed by atoms with Gasteiger partial charge in [0.2, 0.25) is 0 Å². The second-order valence-corrected chi connectivity index (χ2v) is 8.41. The number of hydrogen-bond donors (Lipinski definition) is 1. The molecule has 5 nitrogen and oxygen atoms in total. The highest BCUT2D eigenvalue weighted by Gasteiger charge is 2.19. The van der Waals surface area contributed by atoms with Crippen LogP contribution in [0.4, 0.5) is 5.82 Å². The zero-order valence-corrected chi connectivity index (χ0v) is 17.2. The van der Waals surface area contributed by atoms with E-state index in [1.54, 1.807) is 6.20 Å². The molecule has 0 bridgehead atoms. The first kappa shape index (κ1) is 18.0. The van der Waals surface area contributed by atoms with E-state index in [4.69, 9.17) is 16.6 Å². The maximum absolute atomic E-state index is 6.44. The maximum atomic E-state index is 6.44. The molecule has 1 N–H and O–H groups in total. The van der Waals surface area contributed by atoms with Crippen LogP contribution >= 0.6 is 27.5 Å². The number of anilines is 1. The lowest BCUT2D eigenvalue weighted by molar-refractivity contribution is 0.226. The summed E-state index contributed by atoms with van der Waals surface area (Å²) in [6.07, 6.45) is 10.3. The Bertz CT molecular complexity index is 864. The van der Waals surface area contributed by atoms with E-state index < -0.39 is 0 Å². The van der Waals surface area contributed by atoms with E-state index in [1.807, 2.05) is 10.6 Å². The number of likely N-dealkylation sites (tertiary alicyclic amines) is 1. The lowest BCUT2D eigenvalue weighted by Gasteiger charge is -2.29. The van der Waals surface area contributed by atoms with Gasteiger partial charge in [0.15, 0.2) is 5.65 Å². The van der Waals surface area contributed by atoms with E-state index in [0.29, 0.717) is 5.92 Å². The monoisotopic (exact) mass is 435 g/mol. The Balaban J connectivity index is 1.64. The van der Waals surface area contributed by atoms with Gasteiger partial charge >= 0.3 is 0 Å². The third kappa shape index (κ3) is 3.68. The average molecular weight is 437 g/mol. The van der Waals surface area contributed by atoms with Gasteiger partial charge in [-0.3, -0.25) is 0 Å². The molecule has 0 unspecified atom stereocenters. The van der Waals surface area contributed by atoms with Gasteiger partial charge in [0, 0.05) is 17.6 Å². The lowest BCUT2D eigenvalue weighted by Crippen LogP contribution is -2.33. The molecule has 1 aliphatic heterocycles. The molecule has 2 aromatic heterocycles. The third-order valence-electron chi connectivity index (χ3n) is 5.26. The summed E-state index contributed by atoms with van der Waals surface area (Å²) in [6.45, 7) is 3.30. The SMILES string of the molecule is CN1CCC(CNc2cc(C3=C(Cl)C=CCC3)nc3c(Br)cnn23)CC1. The van der Waals surface area contributed by atoms with Crippen LogP contribution in [0, 0.1) is 5.92 Å². The molecule has 1 fully saturated rings. The molecule has 2 aromatic rings. The van der Waals surface area contributed by atoms with Crippen LogP contribution in [-0.4, -0.2) is 46.2 Å². The number of nitrogens with zero attached hydrogens (tertiary/aromatic N) is 4. The minimum Gasteiger partial charge on any atom is -0.370 e. The van der Waals surface area contributed by atoms with Crippen LogP contribution < -0.4 is 5.32 Å². The third-order valence-corrected chi connectivity index (χ3v) is 6.17. The number of allylic oxidation sites excluding steroid dienone is 4. The first-order valence-corrected chi connectivity index (χ1v) is 10.3. The number of rotatable bonds is 4. The van der Waals surface area contributed by atoms with Crippen LogP contribution in [0.5, 0.6) is 0 Å². The summed E-state index contributed by atoms with van der Waals surface area (Å²) >= 11 is 10.0. The summed E-state index contributed by atoms with van der Waals surface area (Å²) in [7, 11) is 2.19. The van der Waals surface area contributed by atoms with E-state index in [1.165, 1.54) is 25.9 Å². The van der Waals surface area contributed by atoms with E-state index in [0.717, 1.165) is 51.6 Å². The number of nitrogens with one attached hydrogen (secondary N) is 1. The van der Waals surface area contributed by atoms with Gasteiger partial charge in [-0.15, -0.1) is 0 Å². The van der Waals surface area contributed by atoms with Crippen molar-refractivity contribution in [3.8, 4) is 0 Å². The molecule has 3 heterocycles. The van der Waals surface area contributed by atoms with E-state index in [-0.39, 0.29) is 0 Å². The van der Waals surface area contributed by atoms with Crippen molar-refractivity contribution in [2.24, 2.45) is 5.92 Å². The van der Waals surface area contributed by atoms with Crippen LogP contribution in [0.3, 0.4) is 0 Å². The molecule has 26 heavy (non-hydrogen) atoms. The molecule has 138 valence electrons. The predicted molar refractivity (Wildman–Crippen MR) is 111 cm³/mol. The molecule has 7 heteroatoms. The smallest absolute Gasteiger partial charge is 0.172 e. The van der Waals surface area contributed by atoms with Crippen LogP contribution in [-0.2, 0) is 0 Å². The Morgan fingerprint density at radius 3 is 2.92 bits per heavy atom. The minimum absolute atomic E-state index is 0.692. The van der Waals surface area contributed by atoms with Gasteiger partial charge in [0.1, 0.15) is 5.82 Å². The van der Waals surface area contributed by atoms with Crippen molar-refractivity contribution >= 4 is 44.6 Å². The normalized spacial score (nSPS) is 19.5.